The van der Waals surface area contributed by atoms with E-state index in [1.165, 1.54) is 18.2 Å². The molecule has 0 saturated carbocycles. The summed E-state index contributed by atoms with van der Waals surface area (Å²) in [7, 11) is -4.25. The molecule has 8 nitrogen and oxygen atoms in total. The molecule has 3 rings (SSSR count). The van der Waals surface area contributed by atoms with Crippen LogP contribution >= 0.6 is 0 Å². The SMILES string of the molecule is NC(=O)CS(=O)(=O)c1nc2ccccc2n1CC(=O)Nc1cccc(C(F)(F)F)c1. The fraction of sp³-hybridized carbons (Fsp3) is 0.167. The maximum absolute atomic E-state index is 12.8. The lowest BCUT2D eigenvalue weighted by atomic mass is 10.2. The van der Waals surface area contributed by atoms with E-state index < -0.39 is 50.8 Å². The smallest absolute Gasteiger partial charge is 0.369 e. The average Bonchev–Trinajstić information content (AvgIpc) is 3.00. The number of benzene rings is 2. The lowest BCUT2D eigenvalue weighted by Gasteiger charge is -2.12. The molecule has 0 radical (unpaired) electrons. The summed E-state index contributed by atoms with van der Waals surface area (Å²) in [5.41, 5.74) is 4.48. The van der Waals surface area contributed by atoms with Crippen LogP contribution in [-0.2, 0) is 32.1 Å². The predicted molar refractivity (Wildman–Crippen MR) is 101 cm³/mol. The summed E-state index contributed by atoms with van der Waals surface area (Å²) in [5, 5.41) is 1.76. The molecule has 0 aliphatic rings. The molecule has 1 heterocycles. The summed E-state index contributed by atoms with van der Waals surface area (Å²) < 4.78 is 64.6. The Bertz CT molecular complexity index is 1240. The minimum atomic E-state index is -4.59. The summed E-state index contributed by atoms with van der Waals surface area (Å²) >= 11 is 0. The molecule has 158 valence electrons. The quantitative estimate of drug-likeness (QED) is 0.606. The van der Waals surface area contributed by atoms with E-state index in [2.05, 4.69) is 10.3 Å². The van der Waals surface area contributed by atoms with Crippen molar-refractivity contribution in [1.29, 1.82) is 0 Å². The lowest BCUT2D eigenvalue weighted by molar-refractivity contribution is -0.137. The van der Waals surface area contributed by atoms with Crippen molar-refractivity contribution in [2.75, 3.05) is 11.1 Å². The number of amides is 2. The first-order chi connectivity index (χ1) is 14.0. The van der Waals surface area contributed by atoms with Gasteiger partial charge in [0.05, 0.1) is 16.6 Å². The Morgan fingerprint density at radius 1 is 1.10 bits per heavy atom. The first-order valence-electron chi connectivity index (χ1n) is 8.41. The number of hydrogen-bond acceptors (Lipinski definition) is 5. The number of sulfone groups is 1. The van der Waals surface area contributed by atoms with Crippen LogP contribution in [0.25, 0.3) is 11.0 Å². The van der Waals surface area contributed by atoms with Gasteiger partial charge in [0.2, 0.25) is 26.8 Å². The van der Waals surface area contributed by atoms with Crippen LogP contribution in [-0.4, -0.2) is 35.5 Å². The van der Waals surface area contributed by atoms with E-state index in [-0.39, 0.29) is 11.2 Å². The third-order valence-corrected chi connectivity index (χ3v) is 5.54. The van der Waals surface area contributed by atoms with Gasteiger partial charge in [0.25, 0.3) is 0 Å². The second-order valence-electron chi connectivity index (χ2n) is 6.32. The maximum Gasteiger partial charge on any atom is 0.416 e. The largest absolute Gasteiger partial charge is 0.416 e. The molecule has 0 aliphatic carbocycles. The maximum atomic E-state index is 12.8. The number of nitrogens with one attached hydrogen (secondary N) is 1. The van der Waals surface area contributed by atoms with Crippen LogP contribution in [0.1, 0.15) is 5.56 Å². The molecule has 2 aromatic carbocycles. The van der Waals surface area contributed by atoms with Crippen LogP contribution in [0.2, 0.25) is 0 Å². The van der Waals surface area contributed by atoms with Crippen LogP contribution in [0, 0.1) is 0 Å². The molecule has 0 bridgehead atoms. The Labute approximate surface area is 168 Å². The van der Waals surface area contributed by atoms with Gasteiger partial charge in [-0.25, -0.2) is 13.4 Å². The standard InChI is InChI=1S/C18H15F3N4O4S/c19-18(20,21)11-4-3-5-12(8-11)23-16(27)9-25-14-7-2-1-6-13(14)24-17(25)30(28,29)10-15(22)26/h1-8H,9-10H2,(H2,22,26)(H,23,27). The van der Waals surface area contributed by atoms with Gasteiger partial charge >= 0.3 is 6.18 Å². The molecule has 0 unspecified atom stereocenters. The van der Waals surface area contributed by atoms with Gasteiger partial charge in [-0.1, -0.05) is 18.2 Å². The third-order valence-electron chi connectivity index (χ3n) is 4.01. The number of nitrogens with zero attached hydrogens (tertiary/aromatic N) is 2. The van der Waals surface area contributed by atoms with Crippen molar-refractivity contribution >= 4 is 38.4 Å². The summed E-state index contributed by atoms with van der Waals surface area (Å²) in [6.07, 6.45) is -4.59. The van der Waals surface area contributed by atoms with Crippen LogP contribution in [0.15, 0.2) is 53.7 Å². The van der Waals surface area contributed by atoms with Gasteiger partial charge in [-0.05, 0) is 30.3 Å². The summed E-state index contributed by atoms with van der Waals surface area (Å²) in [6.45, 7) is -0.565. The first kappa shape index (κ1) is 21.3. The van der Waals surface area contributed by atoms with Crippen LogP contribution in [0.4, 0.5) is 18.9 Å². The van der Waals surface area contributed by atoms with Crippen molar-refractivity contribution in [3.8, 4) is 0 Å². The zero-order valence-corrected chi connectivity index (χ0v) is 16.0. The van der Waals surface area contributed by atoms with Gasteiger partial charge in [0.1, 0.15) is 12.3 Å². The van der Waals surface area contributed by atoms with Gasteiger partial charge in [-0.3, -0.25) is 9.59 Å². The average molecular weight is 440 g/mol. The van der Waals surface area contributed by atoms with Crippen molar-refractivity contribution in [3.63, 3.8) is 0 Å². The van der Waals surface area contributed by atoms with Crippen molar-refractivity contribution in [3.05, 3.63) is 54.1 Å². The number of carbonyl (C=O) groups excluding carboxylic acids is 2. The molecule has 2 amide bonds. The van der Waals surface area contributed by atoms with E-state index in [0.29, 0.717) is 5.52 Å². The number of halogens is 3. The second-order valence-corrected chi connectivity index (χ2v) is 8.20. The van der Waals surface area contributed by atoms with Gasteiger partial charge in [0, 0.05) is 5.69 Å². The number of imidazole rings is 1. The zero-order valence-electron chi connectivity index (χ0n) is 15.2. The molecular formula is C18H15F3N4O4S. The summed E-state index contributed by atoms with van der Waals surface area (Å²) in [6, 6.07) is 10.2. The number of para-hydroxylation sites is 2. The molecule has 0 saturated heterocycles. The Kier molecular flexibility index (Phi) is 5.53. The fourth-order valence-corrected chi connectivity index (χ4v) is 4.05. The van der Waals surface area contributed by atoms with Crippen molar-refractivity contribution in [1.82, 2.24) is 9.55 Å². The fourth-order valence-electron chi connectivity index (χ4n) is 2.81. The number of fused-ring (bicyclic) bond motifs is 1. The molecule has 3 N–H and O–H groups in total. The Hall–Kier alpha value is -3.41. The van der Waals surface area contributed by atoms with Crippen LogP contribution in [0.3, 0.4) is 0 Å². The number of nitrogens with two attached hydrogens (primary N) is 1. The van der Waals surface area contributed by atoms with Crippen LogP contribution < -0.4 is 11.1 Å². The first-order valence-corrected chi connectivity index (χ1v) is 10.1. The molecule has 0 spiro atoms. The predicted octanol–water partition coefficient (Wildman–Crippen LogP) is 1.95. The number of anilines is 1. The molecule has 0 aliphatic heterocycles. The van der Waals surface area contributed by atoms with E-state index >= 15 is 0 Å². The molecule has 0 atom stereocenters. The van der Waals surface area contributed by atoms with Crippen molar-refractivity contribution in [2.45, 2.75) is 17.9 Å². The highest BCUT2D eigenvalue weighted by molar-refractivity contribution is 7.92. The van der Waals surface area contributed by atoms with Gasteiger partial charge in [-0.15, -0.1) is 0 Å². The third kappa shape index (κ3) is 4.59. The normalized spacial score (nSPS) is 12.1. The van der Waals surface area contributed by atoms with Crippen LogP contribution in [0.5, 0.6) is 0 Å². The number of hydrogen-bond donors (Lipinski definition) is 2. The van der Waals surface area contributed by atoms with E-state index in [1.807, 2.05) is 0 Å². The van der Waals surface area contributed by atoms with E-state index in [1.54, 1.807) is 12.1 Å². The molecule has 1 aromatic heterocycles. The number of carbonyl (C=O) groups is 2. The van der Waals surface area contributed by atoms with Gasteiger partial charge in [-0.2, -0.15) is 13.2 Å². The van der Waals surface area contributed by atoms with Gasteiger partial charge < -0.3 is 15.6 Å². The number of primary amides is 1. The Morgan fingerprint density at radius 3 is 2.47 bits per heavy atom. The Balaban J connectivity index is 1.94. The summed E-state index contributed by atoms with van der Waals surface area (Å²) in [5.74, 6) is -2.89. The van der Waals surface area contributed by atoms with E-state index in [4.69, 9.17) is 5.73 Å². The Morgan fingerprint density at radius 2 is 1.80 bits per heavy atom. The molecule has 12 heteroatoms. The van der Waals surface area contributed by atoms with Crippen molar-refractivity contribution < 1.29 is 31.2 Å². The summed E-state index contributed by atoms with van der Waals surface area (Å²) in [4.78, 5) is 27.6. The number of rotatable bonds is 6. The molecule has 0 fully saturated rings. The van der Waals surface area contributed by atoms with E-state index in [0.717, 1.165) is 22.8 Å². The molecule has 30 heavy (non-hydrogen) atoms. The molecular weight excluding hydrogens is 425 g/mol. The highest BCUT2D eigenvalue weighted by Gasteiger charge is 2.31. The molecule has 3 aromatic rings. The highest BCUT2D eigenvalue weighted by Crippen LogP contribution is 2.30. The zero-order chi connectivity index (χ0) is 22.1. The topological polar surface area (TPSA) is 124 Å². The highest BCUT2D eigenvalue weighted by atomic mass is 32.2. The minimum absolute atomic E-state index is 0.110. The lowest BCUT2D eigenvalue weighted by Crippen LogP contribution is -2.27. The van der Waals surface area contributed by atoms with E-state index in [9.17, 15) is 31.2 Å². The second kappa shape index (κ2) is 7.78. The number of aromatic nitrogens is 2. The number of alkyl halides is 3. The van der Waals surface area contributed by atoms with Crippen molar-refractivity contribution in [2.24, 2.45) is 5.73 Å². The monoisotopic (exact) mass is 440 g/mol. The minimum Gasteiger partial charge on any atom is -0.369 e. The van der Waals surface area contributed by atoms with Gasteiger partial charge in [0.15, 0.2) is 0 Å².